The van der Waals surface area contributed by atoms with Crippen LogP contribution in [0.25, 0.3) is 0 Å². The van der Waals surface area contributed by atoms with Gasteiger partial charge >= 0.3 is 5.97 Å². The molecule has 25 heavy (non-hydrogen) atoms. The van der Waals surface area contributed by atoms with Crippen molar-refractivity contribution in [1.29, 1.82) is 0 Å². The fourth-order valence-corrected chi connectivity index (χ4v) is 2.04. The van der Waals surface area contributed by atoms with Gasteiger partial charge in [-0.2, -0.15) is 0 Å². The fourth-order valence-electron chi connectivity index (χ4n) is 2.04. The summed E-state index contributed by atoms with van der Waals surface area (Å²) in [7, 11) is 0. The van der Waals surface area contributed by atoms with Crippen LogP contribution in [0.5, 0.6) is 11.5 Å². The van der Waals surface area contributed by atoms with Crippen LogP contribution in [0.4, 0.5) is 5.69 Å². The van der Waals surface area contributed by atoms with Gasteiger partial charge in [-0.25, -0.2) is 4.79 Å². The molecule has 0 bridgehead atoms. The quantitative estimate of drug-likeness (QED) is 0.438. The van der Waals surface area contributed by atoms with Crippen LogP contribution < -0.4 is 14.8 Å². The minimum atomic E-state index is -0.439. The number of nitrogens with one attached hydrogen (secondary N) is 1. The normalized spacial score (nSPS) is 10.2. The van der Waals surface area contributed by atoms with E-state index in [0.717, 1.165) is 18.6 Å². The Hall–Kier alpha value is -2.82. The largest absolute Gasteiger partial charge is 0.494 e. The predicted molar refractivity (Wildman–Crippen MR) is 97.2 cm³/mol. The molecule has 5 heteroatoms. The smallest absolute Gasteiger partial charge is 0.343 e. The molecule has 0 unspecified atom stereocenters. The van der Waals surface area contributed by atoms with Crippen molar-refractivity contribution < 1.29 is 19.1 Å². The van der Waals surface area contributed by atoms with E-state index in [-0.39, 0.29) is 5.91 Å². The first-order valence-corrected chi connectivity index (χ1v) is 8.47. The third-order valence-corrected chi connectivity index (χ3v) is 3.53. The number of benzene rings is 2. The second-order valence-corrected chi connectivity index (χ2v) is 5.54. The van der Waals surface area contributed by atoms with Gasteiger partial charge in [-0.1, -0.05) is 20.3 Å². The lowest BCUT2D eigenvalue weighted by atomic mass is 10.2. The highest BCUT2D eigenvalue weighted by Gasteiger charge is 2.09. The van der Waals surface area contributed by atoms with Crippen molar-refractivity contribution in [3.8, 4) is 11.5 Å². The Morgan fingerprint density at radius 3 is 2.16 bits per heavy atom. The highest BCUT2D eigenvalue weighted by molar-refractivity contribution is 5.92. The van der Waals surface area contributed by atoms with E-state index in [9.17, 15) is 9.59 Å². The van der Waals surface area contributed by atoms with Crippen molar-refractivity contribution in [2.45, 2.75) is 33.1 Å². The average Bonchev–Trinajstić information content (AvgIpc) is 2.64. The summed E-state index contributed by atoms with van der Waals surface area (Å²) in [6.45, 7) is 4.56. The molecule has 1 N–H and O–H groups in total. The number of hydrogen-bond acceptors (Lipinski definition) is 4. The second kappa shape index (κ2) is 9.47. The third-order valence-electron chi connectivity index (χ3n) is 3.53. The zero-order valence-corrected chi connectivity index (χ0v) is 14.6. The first-order valence-electron chi connectivity index (χ1n) is 8.47. The summed E-state index contributed by atoms with van der Waals surface area (Å²) in [6, 6.07) is 13.6. The molecule has 0 heterocycles. The predicted octanol–water partition coefficient (Wildman–Crippen LogP) is 4.43. The maximum atomic E-state index is 12.2. The summed E-state index contributed by atoms with van der Waals surface area (Å²) in [5.41, 5.74) is 1.12. The van der Waals surface area contributed by atoms with Gasteiger partial charge in [-0.05, 0) is 55.0 Å². The van der Waals surface area contributed by atoms with E-state index in [2.05, 4.69) is 12.2 Å². The molecule has 5 nitrogen and oxygen atoms in total. The molecule has 0 radical (unpaired) electrons. The molecule has 0 saturated carbocycles. The Morgan fingerprint density at radius 1 is 0.920 bits per heavy atom. The Labute approximate surface area is 148 Å². The van der Waals surface area contributed by atoms with Gasteiger partial charge in [0.1, 0.15) is 11.5 Å². The van der Waals surface area contributed by atoms with Crippen LogP contribution in [0.2, 0.25) is 0 Å². The maximum Gasteiger partial charge on any atom is 0.343 e. The van der Waals surface area contributed by atoms with Crippen molar-refractivity contribution in [1.82, 2.24) is 0 Å². The Bertz CT molecular complexity index is 693. The van der Waals surface area contributed by atoms with Gasteiger partial charge in [0.15, 0.2) is 0 Å². The first kappa shape index (κ1) is 18.5. The molecular weight excluding hydrogens is 318 g/mol. The molecule has 2 rings (SSSR count). The standard InChI is InChI=1S/C20H23NO4/c1-3-5-14-24-17-10-6-15(7-11-17)20(23)25-18-12-8-16(9-13-18)21-19(22)4-2/h6-13H,3-5,14H2,1-2H3,(H,21,22). The Morgan fingerprint density at radius 2 is 1.56 bits per heavy atom. The third kappa shape index (κ3) is 5.95. The molecule has 2 aromatic carbocycles. The first-order chi connectivity index (χ1) is 12.1. The van der Waals surface area contributed by atoms with Crippen molar-refractivity contribution >= 4 is 17.6 Å². The van der Waals surface area contributed by atoms with Crippen molar-refractivity contribution in [2.75, 3.05) is 11.9 Å². The van der Waals surface area contributed by atoms with E-state index >= 15 is 0 Å². The zero-order chi connectivity index (χ0) is 18.1. The summed E-state index contributed by atoms with van der Waals surface area (Å²) >= 11 is 0. The molecule has 0 aliphatic heterocycles. The molecule has 0 atom stereocenters. The number of amides is 1. The molecule has 0 aliphatic carbocycles. The maximum absolute atomic E-state index is 12.2. The summed E-state index contributed by atoms with van der Waals surface area (Å²) in [6.07, 6.45) is 2.48. The Balaban J connectivity index is 1.91. The summed E-state index contributed by atoms with van der Waals surface area (Å²) in [5.74, 6) is 0.653. The van der Waals surface area contributed by atoms with Gasteiger partial charge in [0.05, 0.1) is 12.2 Å². The molecule has 1 amide bonds. The molecule has 2 aromatic rings. The van der Waals surface area contributed by atoms with Crippen molar-refractivity contribution in [3.05, 3.63) is 54.1 Å². The average molecular weight is 341 g/mol. The zero-order valence-electron chi connectivity index (χ0n) is 14.6. The van der Waals surface area contributed by atoms with E-state index in [1.165, 1.54) is 0 Å². The van der Waals surface area contributed by atoms with Gasteiger partial charge in [0.2, 0.25) is 5.91 Å². The molecule has 0 saturated heterocycles. The SMILES string of the molecule is CCCCOc1ccc(C(=O)Oc2ccc(NC(=O)CC)cc2)cc1. The van der Waals surface area contributed by atoms with Crippen molar-refractivity contribution in [3.63, 3.8) is 0 Å². The van der Waals surface area contributed by atoms with E-state index in [0.29, 0.717) is 30.0 Å². The fraction of sp³-hybridized carbons (Fsp3) is 0.300. The number of carbonyl (C=O) groups excluding carboxylic acids is 2. The van der Waals surface area contributed by atoms with Crippen LogP contribution in [-0.2, 0) is 4.79 Å². The number of hydrogen-bond donors (Lipinski definition) is 1. The number of unbranched alkanes of at least 4 members (excludes halogenated alkanes) is 1. The topological polar surface area (TPSA) is 64.6 Å². The number of carbonyl (C=O) groups is 2. The summed E-state index contributed by atoms with van der Waals surface area (Å²) in [5, 5.41) is 2.74. The molecule has 0 aliphatic rings. The van der Waals surface area contributed by atoms with Crippen LogP contribution in [-0.4, -0.2) is 18.5 Å². The van der Waals surface area contributed by atoms with E-state index < -0.39 is 5.97 Å². The number of ether oxygens (including phenoxy) is 2. The van der Waals surface area contributed by atoms with Gasteiger partial charge in [-0.3, -0.25) is 4.79 Å². The van der Waals surface area contributed by atoms with Gasteiger partial charge in [0.25, 0.3) is 0 Å². The van der Waals surface area contributed by atoms with E-state index in [1.54, 1.807) is 55.5 Å². The molecule has 0 fully saturated rings. The van der Waals surface area contributed by atoms with Crippen LogP contribution in [0.15, 0.2) is 48.5 Å². The Kier molecular flexibility index (Phi) is 7.01. The molecule has 0 spiro atoms. The van der Waals surface area contributed by atoms with Crippen LogP contribution in [0, 0.1) is 0 Å². The van der Waals surface area contributed by atoms with Crippen LogP contribution in [0.1, 0.15) is 43.5 Å². The monoisotopic (exact) mass is 341 g/mol. The minimum absolute atomic E-state index is 0.0639. The highest BCUT2D eigenvalue weighted by Crippen LogP contribution is 2.18. The van der Waals surface area contributed by atoms with Gasteiger partial charge < -0.3 is 14.8 Å². The number of anilines is 1. The number of rotatable bonds is 8. The van der Waals surface area contributed by atoms with Crippen LogP contribution >= 0.6 is 0 Å². The summed E-state index contributed by atoms with van der Waals surface area (Å²) < 4.78 is 10.9. The number of esters is 1. The van der Waals surface area contributed by atoms with Gasteiger partial charge in [-0.15, -0.1) is 0 Å². The lowest BCUT2D eigenvalue weighted by Gasteiger charge is -2.08. The molecule has 132 valence electrons. The van der Waals surface area contributed by atoms with Gasteiger partial charge in [0, 0.05) is 12.1 Å². The second-order valence-electron chi connectivity index (χ2n) is 5.54. The lowest BCUT2D eigenvalue weighted by Crippen LogP contribution is -2.10. The van der Waals surface area contributed by atoms with E-state index in [1.807, 2.05) is 0 Å². The van der Waals surface area contributed by atoms with Crippen LogP contribution in [0.3, 0.4) is 0 Å². The van der Waals surface area contributed by atoms with Crippen molar-refractivity contribution in [2.24, 2.45) is 0 Å². The lowest BCUT2D eigenvalue weighted by molar-refractivity contribution is -0.115. The highest BCUT2D eigenvalue weighted by atomic mass is 16.5. The summed E-state index contributed by atoms with van der Waals surface area (Å²) in [4.78, 5) is 23.5. The molecule has 0 aromatic heterocycles. The molecular formula is C20H23NO4. The minimum Gasteiger partial charge on any atom is -0.494 e. The van der Waals surface area contributed by atoms with E-state index in [4.69, 9.17) is 9.47 Å².